The molecule has 11 heteroatoms. The lowest BCUT2D eigenvalue weighted by molar-refractivity contribution is -0.139. The van der Waals surface area contributed by atoms with Gasteiger partial charge in [0.2, 0.25) is 5.88 Å². The van der Waals surface area contributed by atoms with Crippen LogP contribution in [-0.4, -0.2) is 31.0 Å². The van der Waals surface area contributed by atoms with Gasteiger partial charge in [-0.2, -0.15) is 13.2 Å². The van der Waals surface area contributed by atoms with E-state index in [2.05, 4.69) is 19.9 Å². The van der Waals surface area contributed by atoms with Crippen molar-refractivity contribution < 1.29 is 27.8 Å². The average Bonchev–Trinajstić information content (AvgIpc) is 2.60. The van der Waals surface area contributed by atoms with Gasteiger partial charge in [-0.15, -0.1) is 0 Å². The molecule has 3 aromatic rings. The number of nitrogens with one attached hydrogen (secondary N) is 1. The Kier molecular flexibility index (Phi) is 4.75. The van der Waals surface area contributed by atoms with E-state index in [4.69, 9.17) is 9.84 Å². The first-order chi connectivity index (χ1) is 13.1. The van der Waals surface area contributed by atoms with Gasteiger partial charge in [0.05, 0.1) is 22.3 Å². The maximum Gasteiger partial charge on any atom is 0.418 e. The zero-order chi connectivity index (χ0) is 20.6. The molecule has 0 saturated heterocycles. The predicted molar refractivity (Wildman–Crippen MR) is 90.1 cm³/mol. The van der Waals surface area contributed by atoms with Gasteiger partial charge < -0.3 is 14.8 Å². The summed E-state index contributed by atoms with van der Waals surface area (Å²) in [7, 11) is 0. The molecule has 0 bridgehead atoms. The number of alkyl halides is 3. The fourth-order valence-electron chi connectivity index (χ4n) is 2.55. The number of aryl methyl sites for hydroxylation is 1. The molecule has 0 amide bonds. The third kappa shape index (κ3) is 3.77. The first-order valence-corrected chi connectivity index (χ1v) is 7.91. The van der Waals surface area contributed by atoms with E-state index in [1.807, 2.05) is 0 Å². The molecule has 0 aromatic carbocycles. The number of aromatic amines is 1. The Bertz CT molecular complexity index is 1110. The Morgan fingerprint density at radius 3 is 2.57 bits per heavy atom. The summed E-state index contributed by atoms with van der Waals surface area (Å²) in [6.07, 6.45) is -4.97. The molecule has 8 nitrogen and oxygen atoms in total. The van der Waals surface area contributed by atoms with E-state index in [1.54, 1.807) is 0 Å². The van der Waals surface area contributed by atoms with Crippen molar-refractivity contribution in [2.75, 3.05) is 0 Å². The Hall–Kier alpha value is -3.50. The molecule has 146 valence electrons. The summed E-state index contributed by atoms with van der Waals surface area (Å²) >= 11 is 0. The number of carboxylic acid groups (broad SMARTS) is 1. The topological polar surface area (TPSA) is 118 Å². The lowest BCUT2D eigenvalue weighted by atomic mass is 10.1. The summed E-state index contributed by atoms with van der Waals surface area (Å²) in [6, 6.07) is 3.17. The highest BCUT2D eigenvalue weighted by molar-refractivity contribution is 5.87. The van der Waals surface area contributed by atoms with E-state index in [9.17, 15) is 22.8 Å². The van der Waals surface area contributed by atoms with Gasteiger partial charge in [0, 0.05) is 12.3 Å². The molecule has 1 atom stereocenters. The minimum absolute atomic E-state index is 0.0940. The lowest BCUT2D eigenvalue weighted by Crippen LogP contribution is -2.20. The largest absolute Gasteiger partial charge is 0.478 e. The highest BCUT2D eigenvalue weighted by atomic mass is 19.4. The molecule has 0 aliphatic carbocycles. The second-order valence-electron chi connectivity index (χ2n) is 5.89. The Morgan fingerprint density at radius 2 is 2.00 bits per heavy atom. The van der Waals surface area contributed by atoms with Crippen LogP contribution in [0.1, 0.15) is 40.5 Å². The van der Waals surface area contributed by atoms with Crippen LogP contribution in [0.15, 0.2) is 29.2 Å². The molecular weight excluding hydrogens is 381 g/mol. The highest BCUT2D eigenvalue weighted by Gasteiger charge is 2.37. The van der Waals surface area contributed by atoms with Crippen molar-refractivity contribution in [3.05, 3.63) is 57.4 Å². The number of carbonyl (C=O) groups is 1. The van der Waals surface area contributed by atoms with Crippen LogP contribution in [0, 0.1) is 6.92 Å². The average molecular weight is 394 g/mol. The summed E-state index contributed by atoms with van der Waals surface area (Å²) < 4.78 is 46.0. The molecule has 0 radical (unpaired) electrons. The van der Waals surface area contributed by atoms with Gasteiger partial charge in [-0.3, -0.25) is 4.79 Å². The Balaban J connectivity index is 2.06. The SMILES string of the molecule is Cc1nc2cc(C(F)(F)F)c([C@H](C)Oc3ccc(C(=O)O)cn3)nc2c(=O)[nH]1. The minimum Gasteiger partial charge on any atom is -0.478 e. The number of fused-ring (bicyclic) bond motifs is 1. The molecule has 0 aliphatic rings. The smallest absolute Gasteiger partial charge is 0.418 e. The van der Waals surface area contributed by atoms with Crippen LogP contribution in [0.4, 0.5) is 13.2 Å². The molecule has 2 N–H and O–H groups in total. The van der Waals surface area contributed by atoms with Crippen LogP contribution < -0.4 is 10.3 Å². The van der Waals surface area contributed by atoms with Gasteiger partial charge in [0.15, 0.2) is 5.52 Å². The van der Waals surface area contributed by atoms with Gasteiger partial charge in [-0.1, -0.05) is 0 Å². The number of nitrogens with zero attached hydrogens (tertiary/aromatic N) is 3. The lowest BCUT2D eigenvalue weighted by Gasteiger charge is -2.19. The number of pyridine rings is 2. The van der Waals surface area contributed by atoms with E-state index in [0.717, 1.165) is 12.3 Å². The Labute approximate surface area is 155 Å². The standard InChI is InChI=1S/C17H13F3N4O4/c1-7(28-12-4-3-9(6-21-12)16(26)27)13-10(17(18,19)20)5-11-14(24-13)15(25)23-8(2)22-11/h3-7H,1-2H3,(H,26,27)(H,22,23,25)/t7-/m0/s1. The summed E-state index contributed by atoms with van der Waals surface area (Å²) in [5.74, 6) is -1.14. The third-order valence-electron chi connectivity index (χ3n) is 3.80. The van der Waals surface area contributed by atoms with Crippen LogP contribution in [0.5, 0.6) is 5.88 Å². The Morgan fingerprint density at radius 1 is 1.29 bits per heavy atom. The van der Waals surface area contributed by atoms with Crippen LogP contribution >= 0.6 is 0 Å². The summed E-state index contributed by atoms with van der Waals surface area (Å²) in [6.45, 7) is 2.76. The zero-order valence-electron chi connectivity index (χ0n) is 14.5. The second kappa shape index (κ2) is 6.91. The van der Waals surface area contributed by atoms with Crippen molar-refractivity contribution in [3.63, 3.8) is 0 Å². The van der Waals surface area contributed by atoms with E-state index < -0.39 is 35.1 Å². The van der Waals surface area contributed by atoms with Gasteiger partial charge in [0.25, 0.3) is 5.56 Å². The molecule has 3 rings (SSSR count). The first-order valence-electron chi connectivity index (χ1n) is 7.91. The fourth-order valence-corrected chi connectivity index (χ4v) is 2.55. The third-order valence-corrected chi connectivity index (χ3v) is 3.80. The van der Waals surface area contributed by atoms with E-state index >= 15 is 0 Å². The predicted octanol–water partition coefficient (Wildman–Crippen LogP) is 2.88. The number of hydrogen-bond acceptors (Lipinski definition) is 6. The number of hydrogen-bond donors (Lipinski definition) is 2. The summed E-state index contributed by atoms with van der Waals surface area (Å²) in [5, 5.41) is 8.85. The number of halogens is 3. The van der Waals surface area contributed by atoms with Crippen molar-refractivity contribution in [2.24, 2.45) is 0 Å². The van der Waals surface area contributed by atoms with Crippen LogP contribution in [0.25, 0.3) is 11.0 Å². The molecule has 3 aromatic heterocycles. The fraction of sp³-hybridized carbons (Fsp3) is 0.235. The van der Waals surface area contributed by atoms with E-state index in [1.165, 1.54) is 26.0 Å². The zero-order valence-corrected chi connectivity index (χ0v) is 14.5. The molecular formula is C17H13F3N4O4. The highest BCUT2D eigenvalue weighted by Crippen LogP contribution is 2.36. The van der Waals surface area contributed by atoms with Crippen molar-refractivity contribution >= 4 is 17.0 Å². The maximum atomic E-state index is 13.5. The van der Waals surface area contributed by atoms with Gasteiger partial charge in [-0.05, 0) is 26.0 Å². The van der Waals surface area contributed by atoms with Gasteiger partial charge in [-0.25, -0.2) is 19.7 Å². The first kappa shape index (κ1) is 19.3. The molecule has 0 unspecified atom stereocenters. The van der Waals surface area contributed by atoms with Gasteiger partial charge >= 0.3 is 12.1 Å². The van der Waals surface area contributed by atoms with Crippen LogP contribution in [0.3, 0.4) is 0 Å². The molecule has 3 heterocycles. The number of ether oxygens (including phenoxy) is 1. The van der Waals surface area contributed by atoms with Crippen LogP contribution in [-0.2, 0) is 6.18 Å². The number of aromatic nitrogens is 4. The number of aromatic carboxylic acids is 1. The molecule has 0 aliphatic heterocycles. The molecule has 0 fully saturated rings. The summed E-state index contributed by atoms with van der Waals surface area (Å²) in [4.78, 5) is 36.8. The minimum atomic E-state index is -4.76. The van der Waals surface area contributed by atoms with Crippen LogP contribution in [0.2, 0.25) is 0 Å². The number of carboxylic acids is 1. The quantitative estimate of drug-likeness (QED) is 0.698. The van der Waals surface area contributed by atoms with E-state index in [0.29, 0.717) is 0 Å². The number of rotatable bonds is 4. The van der Waals surface area contributed by atoms with E-state index in [-0.39, 0.29) is 28.3 Å². The second-order valence-corrected chi connectivity index (χ2v) is 5.89. The number of H-pyrrole nitrogens is 1. The van der Waals surface area contributed by atoms with Crippen molar-refractivity contribution in [1.82, 2.24) is 19.9 Å². The molecule has 0 spiro atoms. The monoisotopic (exact) mass is 394 g/mol. The maximum absolute atomic E-state index is 13.5. The van der Waals surface area contributed by atoms with Crippen molar-refractivity contribution in [3.8, 4) is 5.88 Å². The summed E-state index contributed by atoms with van der Waals surface area (Å²) in [5.41, 5.74) is -2.82. The molecule has 0 saturated carbocycles. The van der Waals surface area contributed by atoms with Crippen molar-refractivity contribution in [2.45, 2.75) is 26.1 Å². The van der Waals surface area contributed by atoms with Crippen molar-refractivity contribution in [1.29, 1.82) is 0 Å². The normalized spacial score (nSPS) is 12.8. The van der Waals surface area contributed by atoms with Gasteiger partial charge in [0.1, 0.15) is 11.9 Å². The molecule has 28 heavy (non-hydrogen) atoms.